The summed E-state index contributed by atoms with van der Waals surface area (Å²) in [5.41, 5.74) is 0.946. The Balaban J connectivity index is 1.72. The molecular formula is C14H18N2O3. The van der Waals surface area contributed by atoms with Crippen LogP contribution in [0.15, 0.2) is 24.3 Å². The van der Waals surface area contributed by atoms with Crippen molar-refractivity contribution in [2.75, 3.05) is 31.6 Å². The number of ether oxygens (including phenoxy) is 2. The van der Waals surface area contributed by atoms with Crippen molar-refractivity contribution in [1.82, 2.24) is 4.90 Å². The van der Waals surface area contributed by atoms with E-state index in [1.54, 1.807) is 0 Å². The highest BCUT2D eigenvalue weighted by atomic mass is 16.5. The van der Waals surface area contributed by atoms with Gasteiger partial charge in [0.1, 0.15) is 5.75 Å². The molecule has 2 aliphatic rings. The maximum absolute atomic E-state index is 12.5. The summed E-state index contributed by atoms with van der Waals surface area (Å²) >= 11 is 0. The number of amides is 1. The first kappa shape index (κ1) is 12.3. The van der Waals surface area contributed by atoms with Crippen LogP contribution in [0, 0.1) is 0 Å². The van der Waals surface area contributed by atoms with Crippen molar-refractivity contribution in [1.29, 1.82) is 0 Å². The van der Waals surface area contributed by atoms with E-state index in [0.717, 1.165) is 11.4 Å². The summed E-state index contributed by atoms with van der Waals surface area (Å²) in [5, 5.41) is 3.24. The van der Waals surface area contributed by atoms with Crippen LogP contribution in [-0.2, 0) is 9.53 Å². The largest absolute Gasteiger partial charge is 0.477 e. The molecule has 5 heteroatoms. The number of carbonyl (C=O) groups is 1. The van der Waals surface area contributed by atoms with E-state index in [9.17, 15) is 4.79 Å². The Morgan fingerprint density at radius 1 is 1.42 bits per heavy atom. The third kappa shape index (κ3) is 2.38. The first-order chi connectivity index (χ1) is 9.25. The minimum Gasteiger partial charge on any atom is -0.477 e. The zero-order valence-corrected chi connectivity index (χ0v) is 11.0. The number of anilines is 1. The molecule has 0 aliphatic carbocycles. The van der Waals surface area contributed by atoms with Gasteiger partial charge in [-0.25, -0.2) is 0 Å². The van der Waals surface area contributed by atoms with Gasteiger partial charge in [0.15, 0.2) is 6.10 Å². The van der Waals surface area contributed by atoms with Gasteiger partial charge in [-0.05, 0) is 19.1 Å². The molecule has 19 heavy (non-hydrogen) atoms. The van der Waals surface area contributed by atoms with Gasteiger partial charge in [0.2, 0.25) is 0 Å². The van der Waals surface area contributed by atoms with Crippen LogP contribution in [0.4, 0.5) is 5.69 Å². The first-order valence-electron chi connectivity index (χ1n) is 6.63. The average Bonchev–Trinajstić information content (AvgIpc) is 2.46. The second kappa shape index (κ2) is 5.09. The number of nitrogens with zero attached hydrogens (tertiary/aromatic N) is 1. The molecule has 1 saturated heterocycles. The van der Waals surface area contributed by atoms with Crippen LogP contribution in [-0.4, -0.2) is 49.3 Å². The van der Waals surface area contributed by atoms with Crippen molar-refractivity contribution in [2.24, 2.45) is 0 Å². The highest BCUT2D eigenvalue weighted by Gasteiger charge is 2.33. The van der Waals surface area contributed by atoms with Gasteiger partial charge in [-0.2, -0.15) is 0 Å². The van der Waals surface area contributed by atoms with Crippen molar-refractivity contribution in [3.8, 4) is 5.75 Å². The summed E-state index contributed by atoms with van der Waals surface area (Å²) in [6, 6.07) is 7.80. The Morgan fingerprint density at radius 2 is 2.26 bits per heavy atom. The van der Waals surface area contributed by atoms with Crippen molar-refractivity contribution in [2.45, 2.75) is 19.1 Å². The van der Waals surface area contributed by atoms with E-state index in [1.807, 2.05) is 36.1 Å². The van der Waals surface area contributed by atoms with Gasteiger partial charge in [-0.1, -0.05) is 12.1 Å². The second-order valence-corrected chi connectivity index (χ2v) is 4.94. The highest BCUT2D eigenvalue weighted by Crippen LogP contribution is 2.28. The molecule has 0 radical (unpaired) electrons. The molecule has 1 N–H and O–H groups in total. The lowest BCUT2D eigenvalue weighted by Crippen LogP contribution is -2.54. The average molecular weight is 262 g/mol. The second-order valence-electron chi connectivity index (χ2n) is 4.94. The van der Waals surface area contributed by atoms with Gasteiger partial charge in [-0.15, -0.1) is 0 Å². The van der Waals surface area contributed by atoms with Crippen LogP contribution in [0.3, 0.4) is 0 Å². The van der Waals surface area contributed by atoms with E-state index in [2.05, 4.69) is 5.32 Å². The molecule has 1 aromatic rings. The molecule has 0 bridgehead atoms. The van der Waals surface area contributed by atoms with Crippen molar-refractivity contribution in [3.05, 3.63) is 24.3 Å². The third-order valence-corrected chi connectivity index (χ3v) is 3.56. The summed E-state index contributed by atoms with van der Waals surface area (Å²) in [6.07, 6.45) is -0.449. The van der Waals surface area contributed by atoms with Crippen LogP contribution < -0.4 is 10.1 Å². The van der Waals surface area contributed by atoms with E-state index >= 15 is 0 Å². The van der Waals surface area contributed by atoms with Crippen LogP contribution in [0.5, 0.6) is 5.75 Å². The van der Waals surface area contributed by atoms with Crippen molar-refractivity contribution >= 4 is 11.6 Å². The lowest BCUT2D eigenvalue weighted by Gasteiger charge is -2.37. The van der Waals surface area contributed by atoms with Crippen LogP contribution in [0.2, 0.25) is 0 Å². The number of fused-ring (bicyclic) bond motifs is 1. The predicted molar refractivity (Wildman–Crippen MR) is 71.3 cm³/mol. The molecule has 2 atom stereocenters. The van der Waals surface area contributed by atoms with Crippen LogP contribution in [0.25, 0.3) is 0 Å². The predicted octanol–water partition coefficient (Wildman–Crippen LogP) is 1.11. The first-order valence-corrected chi connectivity index (χ1v) is 6.63. The maximum Gasteiger partial charge on any atom is 0.265 e. The Bertz CT molecular complexity index is 478. The highest BCUT2D eigenvalue weighted by molar-refractivity contribution is 5.83. The molecule has 1 aromatic carbocycles. The molecule has 1 amide bonds. The number of hydrogen-bond acceptors (Lipinski definition) is 4. The Morgan fingerprint density at radius 3 is 3.11 bits per heavy atom. The molecule has 1 fully saturated rings. The number of para-hydroxylation sites is 2. The topological polar surface area (TPSA) is 50.8 Å². The van der Waals surface area contributed by atoms with E-state index < -0.39 is 6.10 Å². The number of rotatable bonds is 1. The van der Waals surface area contributed by atoms with Crippen molar-refractivity contribution < 1.29 is 14.3 Å². The standard InChI is InChI=1S/C14H18N2O3/c1-10-9-18-7-6-16(10)14(17)13-8-15-11-4-2-3-5-12(11)19-13/h2-5,10,13,15H,6-9H2,1H3/t10-,13?/m1/s1. The minimum atomic E-state index is -0.449. The van der Waals surface area contributed by atoms with Gasteiger partial charge in [0.05, 0.1) is 31.5 Å². The van der Waals surface area contributed by atoms with E-state index in [1.165, 1.54) is 0 Å². The normalized spacial score (nSPS) is 26.1. The summed E-state index contributed by atoms with van der Waals surface area (Å²) in [7, 11) is 0. The number of carbonyl (C=O) groups excluding carboxylic acids is 1. The fourth-order valence-corrected chi connectivity index (χ4v) is 2.49. The fraction of sp³-hybridized carbons (Fsp3) is 0.500. The lowest BCUT2D eigenvalue weighted by atomic mass is 10.1. The monoisotopic (exact) mass is 262 g/mol. The number of morpholine rings is 1. The van der Waals surface area contributed by atoms with Gasteiger partial charge in [0.25, 0.3) is 5.91 Å². The number of nitrogens with one attached hydrogen (secondary N) is 1. The molecule has 2 aliphatic heterocycles. The summed E-state index contributed by atoms with van der Waals surface area (Å²) in [6.45, 7) is 4.36. The summed E-state index contributed by atoms with van der Waals surface area (Å²) in [4.78, 5) is 14.3. The van der Waals surface area contributed by atoms with Crippen molar-refractivity contribution in [3.63, 3.8) is 0 Å². The number of benzene rings is 1. The number of hydrogen-bond donors (Lipinski definition) is 1. The minimum absolute atomic E-state index is 0.0396. The van der Waals surface area contributed by atoms with E-state index in [0.29, 0.717) is 26.3 Å². The van der Waals surface area contributed by atoms with Gasteiger partial charge < -0.3 is 19.7 Å². The van der Waals surface area contributed by atoms with Gasteiger partial charge >= 0.3 is 0 Å². The van der Waals surface area contributed by atoms with Crippen LogP contribution >= 0.6 is 0 Å². The Labute approximate surface area is 112 Å². The molecule has 3 rings (SSSR count). The molecular weight excluding hydrogens is 244 g/mol. The van der Waals surface area contributed by atoms with Gasteiger partial charge in [0, 0.05) is 6.54 Å². The molecule has 0 saturated carbocycles. The lowest BCUT2D eigenvalue weighted by molar-refractivity contribution is -0.146. The molecule has 2 heterocycles. The molecule has 0 aromatic heterocycles. The Kier molecular flexibility index (Phi) is 3.29. The summed E-state index contributed by atoms with van der Waals surface area (Å²) < 4.78 is 11.2. The third-order valence-electron chi connectivity index (χ3n) is 3.56. The molecule has 5 nitrogen and oxygen atoms in total. The zero-order chi connectivity index (χ0) is 13.2. The zero-order valence-electron chi connectivity index (χ0n) is 11.0. The smallest absolute Gasteiger partial charge is 0.265 e. The SMILES string of the molecule is C[C@@H]1COCCN1C(=O)C1CNc2ccccc2O1. The molecule has 0 spiro atoms. The quantitative estimate of drug-likeness (QED) is 0.823. The Hall–Kier alpha value is -1.75. The molecule has 1 unspecified atom stereocenters. The summed E-state index contributed by atoms with van der Waals surface area (Å²) in [5.74, 6) is 0.783. The maximum atomic E-state index is 12.5. The van der Waals surface area contributed by atoms with E-state index in [4.69, 9.17) is 9.47 Å². The molecule has 102 valence electrons. The van der Waals surface area contributed by atoms with Gasteiger partial charge in [-0.3, -0.25) is 4.79 Å². The van der Waals surface area contributed by atoms with E-state index in [-0.39, 0.29) is 11.9 Å². The fourth-order valence-electron chi connectivity index (χ4n) is 2.49. The van der Waals surface area contributed by atoms with Crippen LogP contribution in [0.1, 0.15) is 6.92 Å².